The van der Waals surface area contributed by atoms with Gasteiger partial charge >= 0.3 is 0 Å². The number of sulfonamides is 1. The molecule has 2 aliphatic rings. The summed E-state index contributed by atoms with van der Waals surface area (Å²) in [5.41, 5.74) is 4.93. The Balaban J connectivity index is 1.84. The Morgan fingerprint density at radius 1 is 0.966 bits per heavy atom. The minimum atomic E-state index is -3.76. The highest BCUT2D eigenvalue weighted by atomic mass is 32.2. The van der Waals surface area contributed by atoms with Crippen LogP contribution in [0.4, 0.5) is 0 Å². The van der Waals surface area contributed by atoms with Crippen molar-refractivity contribution in [2.24, 2.45) is 5.10 Å². The van der Waals surface area contributed by atoms with E-state index in [2.05, 4.69) is 29.4 Å². The second-order valence-electron chi connectivity index (χ2n) is 7.61. The fourth-order valence-corrected chi connectivity index (χ4v) is 5.59. The number of allylic oxidation sites excluding steroid dienone is 4. The first-order valence-electron chi connectivity index (χ1n) is 9.67. The first-order chi connectivity index (χ1) is 13.9. The molecule has 1 unspecified atom stereocenters. The van der Waals surface area contributed by atoms with Gasteiger partial charge in [0.1, 0.15) is 4.75 Å². The quantitative estimate of drug-likeness (QED) is 0.734. The van der Waals surface area contributed by atoms with Gasteiger partial charge in [-0.05, 0) is 48.6 Å². The van der Waals surface area contributed by atoms with Crippen molar-refractivity contribution in [3.8, 4) is 0 Å². The topological polar surface area (TPSA) is 49.7 Å². The van der Waals surface area contributed by atoms with Gasteiger partial charge in [-0.15, -0.1) is 0 Å². The Labute approximate surface area is 172 Å². The molecule has 5 heteroatoms. The van der Waals surface area contributed by atoms with Crippen LogP contribution >= 0.6 is 0 Å². The number of hydrogen-bond donors (Lipinski definition) is 0. The standard InChI is InChI=1S/C24H24N2O2S/c1-19-10-12-20(13-11-19)22-14-15-23(21-8-4-3-5-9-21)24(2,18-22)29(27,28)26-17-7-6-16-25-26/h3-16H,17-18H2,1-2H3. The average Bonchev–Trinajstić information content (AvgIpc) is 2.75. The lowest BCUT2D eigenvalue weighted by molar-refractivity contribution is 0.442. The molecule has 4 nitrogen and oxygen atoms in total. The van der Waals surface area contributed by atoms with Gasteiger partial charge in [0.15, 0.2) is 0 Å². The van der Waals surface area contributed by atoms with Crippen molar-refractivity contribution in [2.75, 3.05) is 6.54 Å². The lowest BCUT2D eigenvalue weighted by atomic mass is 9.81. The highest BCUT2D eigenvalue weighted by molar-refractivity contribution is 7.91. The van der Waals surface area contributed by atoms with Gasteiger partial charge in [0.2, 0.25) is 0 Å². The maximum Gasteiger partial charge on any atom is 0.260 e. The summed E-state index contributed by atoms with van der Waals surface area (Å²) in [6, 6.07) is 17.9. The van der Waals surface area contributed by atoms with E-state index in [9.17, 15) is 8.42 Å². The van der Waals surface area contributed by atoms with Crippen molar-refractivity contribution in [2.45, 2.75) is 25.0 Å². The monoisotopic (exact) mass is 404 g/mol. The molecule has 1 heterocycles. The van der Waals surface area contributed by atoms with Gasteiger partial charge in [0, 0.05) is 6.21 Å². The van der Waals surface area contributed by atoms with Crippen molar-refractivity contribution in [3.63, 3.8) is 0 Å². The van der Waals surface area contributed by atoms with E-state index in [0.717, 1.165) is 22.3 Å². The van der Waals surface area contributed by atoms with Crippen molar-refractivity contribution in [1.82, 2.24) is 4.41 Å². The number of rotatable bonds is 4. The van der Waals surface area contributed by atoms with Crippen LogP contribution in [0.15, 0.2) is 84.0 Å². The van der Waals surface area contributed by atoms with E-state index in [1.807, 2.05) is 56.3 Å². The lowest BCUT2D eigenvalue weighted by Gasteiger charge is -2.38. The van der Waals surface area contributed by atoms with Crippen LogP contribution in [0.1, 0.15) is 30.0 Å². The molecule has 29 heavy (non-hydrogen) atoms. The van der Waals surface area contributed by atoms with Gasteiger partial charge in [-0.3, -0.25) is 0 Å². The van der Waals surface area contributed by atoms with Crippen LogP contribution in [0.25, 0.3) is 11.1 Å². The Kier molecular flexibility index (Phi) is 5.01. The van der Waals surface area contributed by atoms with Crippen LogP contribution in [0.3, 0.4) is 0 Å². The summed E-state index contributed by atoms with van der Waals surface area (Å²) in [5.74, 6) is 0. The largest absolute Gasteiger partial charge is 0.260 e. The first-order valence-corrected chi connectivity index (χ1v) is 11.1. The summed E-state index contributed by atoms with van der Waals surface area (Å²) in [6.45, 7) is 4.11. The zero-order valence-electron chi connectivity index (χ0n) is 16.6. The molecule has 0 aromatic heterocycles. The number of nitrogens with zero attached hydrogens (tertiary/aromatic N) is 2. The van der Waals surface area contributed by atoms with Gasteiger partial charge in [-0.25, -0.2) is 8.42 Å². The highest BCUT2D eigenvalue weighted by Gasteiger charge is 2.48. The predicted molar refractivity (Wildman–Crippen MR) is 120 cm³/mol. The molecule has 148 valence electrons. The van der Waals surface area contributed by atoms with E-state index in [1.54, 1.807) is 12.2 Å². The smallest absolute Gasteiger partial charge is 0.204 e. The molecule has 0 saturated carbocycles. The molecule has 0 bridgehead atoms. The third kappa shape index (κ3) is 3.47. The van der Waals surface area contributed by atoms with E-state index >= 15 is 0 Å². The minimum Gasteiger partial charge on any atom is -0.204 e. The zero-order chi connectivity index (χ0) is 20.5. The van der Waals surface area contributed by atoms with Crippen molar-refractivity contribution >= 4 is 27.4 Å². The summed E-state index contributed by atoms with van der Waals surface area (Å²) in [5, 5.41) is 4.15. The van der Waals surface area contributed by atoms with Gasteiger partial charge < -0.3 is 0 Å². The summed E-state index contributed by atoms with van der Waals surface area (Å²) in [7, 11) is -3.76. The van der Waals surface area contributed by atoms with Crippen molar-refractivity contribution in [1.29, 1.82) is 0 Å². The van der Waals surface area contributed by atoms with Crippen molar-refractivity contribution < 1.29 is 8.42 Å². The van der Waals surface area contributed by atoms with E-state index in [1.165, 1.54) is 16.2 Å². The zero-order valence-corrected chi connectivity index (χ0v) is 17.4. The number of hydrazone groups is 1. The van der Waals surface area contributed by atoms with E-state index < -0.39 is 14.8 Å². The molecule has 2 aromatic carbocycles. The normalized spacial score (nSPS) is 21.7. The summed E-state index contributed by atoms with van der Waals surface area (Å²) in [6.07, 6.45) is 9.48. The number of benzene rings is 2. The lowest BCUT2D eigenvalue weighted by Crippen LogP contribution is -2.46. The van der Waals surface area contributed by atoms with Gasteiger partial charge in [-0.2, -0.15) is 9.52 Å². The fourth-order valence-electron chi connectivity index (χ4n) is 3.86. The van der Waals surface area contributed by atoms with Gasteiger partial charge in [0.25, 0.3) is 10.0 Å². The molecule has 0 N–H and O–H groups in total. The Morgan fingerprint density at radius 3 is 2.34 bits per heavy atom. The molecule has 2 aromatic rings. The highest BCUT2D eigenvalue weighted by Crippen LogP contribution is 2.45. The van der Waals surface area contributed by atoms with Crippen LogP contribution < -0.4 is 0 Å². The number of aryl methyl sites for hydroxylation is 1. The summed E-state index contributed by atoms with van der Waals surface area (Å²) >= 11 is 0. The van der Waals surface area contributed by atoms with Crippen molar-refractivity contribution in [3.05, 3.63) is 95.6 Å². The maximum atomic E-state index is 13.8. The molecule has 4 rings (SSSR count). The van der Waals surface area contributed by atoms with Gasteiger partial charge in [-0.1, -0.05) is 78.4 Å². The van der Waals surface area contributed by atoms with Gasteiger partial charge in [0.05, 0.1) is 6.54 Å². The SMILES string of the molecule is Cc1ccc(C2=CC=C(c3ccccc3)C(C)(S(=O)(=O)N3CC=CC=N3)C2)cc1. The first kappa shape index (κ1) is 19.4. The number of hydrogen-bond acceptors (Lipinski definition) is 3. The second-order valence-corrected chi connectivity index (χ2v) is 9.89. The van der Waals surface area contributed by atoms with Crippen LogP contribution in [-0.2, 0) is 10.0 Å². The Hall–Kier alpha value is -2.92. The third-order valence-corrected chi connectivity index (χ3v) is 7.88. The molecule has 0 fully saturated rings. The molecule has 1 aliphatic heterocycles. The van der Waals surface area contributed by atoms with E-state index in [4.69, 9.17) is 0 Å². The summed E-state index contributed by atoms with van der Waals surface area (Å²) < 4.78 is 27.7. The minimum absolute atomic E-state index is 0.250. The third-order valence-electron chi connectivity index (χ3n) is 5.58. The summed E-state index contributed by atoms with van der Waals surface area (Å²) in [4.78, 5) is 0. The molecule has 0 spiro atoms. The molecule has 0 radical (unpaired) electrons. The molecule has 1 aliphatic carbocycles. The van der Waals surface area contributed by atoms with E-state index in [-0.39, 0.29) is 6.54 Å². The average molecular weight is 405 g/mol. The second kappa shape index (κ2) is 7.48. The predicted octanol–water partition coefficient (Wildman–Crippen LogP) is 4.81. The Bertz CT molecular complexity index is 1130. The molecule has 0 saturated heterocycles. The van der Waals surface area contributed by atoms with Crippen LogP contribution in [0.5, 0.6) is 0 Å². The molecular formula is C24H24N2O2S. The fraction of sp³-hybridized carbons (Fsp3) is 0.208. The molecular weight excluding hydrogens is 380 g/mol. The Morgan fingerprint density at radius 2 is 1.69 bits per heavy atom. The van der Waals surface area contributed by atoms with E-state index in [0.29, 0.717) is 6.42 Å². The maximum absolute atomic E-state index is 13.8. The molecule has 0 amide bonds. The van der Waals surface area contributed by atoms with Crippen LogP contribution in [0.2, 0.25) is 0 Å². The molecule has 1 atom stereocenters. The van der Waals surface area contributed by atoms with Crippen LogP contribution in [-0.4, -0.2) is 30.3 Å². The van der Waals surface area contributed by atoms with Crippen LogP contribution in [0, 0.1) is 6.92 Å².